The van der Waals surface area contributed by atoms with Crippen LogP contribution in [0.25, 0.3) is 0 Å². The lowest BCUT2D eigenvalue weighted by molar-refractivity contribution is 0.178. The summed E-state index contributed by atoms with van der Waals surface area (Å²) < 4.78 is 18.3. The number of allylic oxidation sites excluding steroid dienone is 4. The highest BCUT2D eigenvalue weighted by molar-refractivity contribution is 5.18. The van der Waals surface area contributed by atoms with Crippen molar-refractivity contribution in [2.24, 2.45) is 0 Å². The molecular weight excluding hydrogens is 241 g/mol. The molecule has 0 heterocycles. The van der Waals surface area contributed by atoms with E-state index in [1.54, 1.807) is 12.2 Å². The van der Waals surface area contributed by atoms with Crippen molar-refractivity contribution in [3.63, 3.8) is 0 Å². The average Bonchev–Trinajstić information content (AvgIpc) is 2.34. The lowest BCUT2D eigenvalue weighted by atomic mass is 10.2. The van der Waals surface area contributed by atoms with Crippen molar-refractivity contribution in [3.05, 3.63) is 36.4 Å². The van der Waals surface area contributed by atoms with Gasteiger partial charge in [-0.15, -0.1) is 0 Å². The van der Waals surface area contributed by atoms with Crippen LogP contribution in [0.15, 0.2) is 36.4 Å². The fourth-order valence-corrected chi connectivity index (χ4v) is 1.69. The second-order valence-corrected chi connectivity index (χ2v) is 4.75. The highest BCUT2D eigenvalue weighted by atomic mass is 19.1. The van der Waals surface area contributed by atoms with Crippen LogP contribution in [-0.4, -0.2) is 31.6 Å². The van der Waals surface area contributed by atoms with Gasteiger partial charge in [-0.25, -0.2) is 4.39 Å². The molecule has 0 radical (unpaired) electrons. The molecule has 0 N–H and O–H groups in total. The van der Waals surface area contributed by atoms with E-state index in [2.05, 4.69) is 25.5 Å². The largest absolute Gasteiger partial charge is 0.492 e. The monoisotopic (exact) mass is 269 g/mol. The van der Waals surface area contributed by atoms with Crippen molar-refractivity contribution in [2.45, 2.75) is 39.5 Å². The molecule has 110 valence electrons. The maximum atomic E-state index is 12.8. The number of ether oxygens (including phenoxy) is 1. The maximum Gasteiger partial charge on any atom is 0.121 e. The Hall–Kier alpha value is -1.09. The second kappa shape index (κ2) is 12.0. The summed E-state index contributed by atoms with van der Waals surface area (Å²) in [6.07, 6.45) is 9.72. The van der Waals surface area contributed by atoms with Gasteiger partial charge in [0.25, 0.3) is 0 Å². The molecule has 0 spiro atoms. The molecular formula is C16H28FNO. The Balaban J connectivity index is 3.83. The molecule has 0 unspecified atom stereocenters. The zero-order chi connectivity index (χ0) is 14.5. The first-order valence-electron chi connectivity index (χ1n) is 7.08. The van der Waals surface area contributed by atoms with Crippen LogP contribution in [0.4, 0.5) is 4.39 Å². The standard InChI is InChI=1S/C16H28FNO/c1-5-7-8-9-11-18(4)12-13-19-16(10-6-2)14-15(3)17/h6,10,14H,2,5,7-9,11-13H2,1,3-4H3/b15-14+,16-10+. The Kier molecular flexibility index (Phi) is 11.3. The highest BCUT2D eigenvalue weighted by Crippen LogP contribution is 2.06. The molecule has 3 heteroatoms. The van der Waals surface area contributed by atoms with Gasteiger partial charge in [0.2, 0.25) is 0 Å². The summed E-state index contributed by atoms with van der Waals surface area (Å²) in [5, 5.41) is 0. The predicted molar refractivity (Wildman–Crippen MR) is 80.7 cm³/mol. The van der Waals surface area contributed by atoms with Gasteiger partial charge in [-0.1, -0.05) is 38.8 Å². The van der Waals surface area contributed by atoms with Crippen molar-refractivity contribution in [2.75, 3.05) is 26.7 Å². The van der Waals surface area contributed by atoms with Crippen LogP contribution < -0.4 is 0 Å². The Morgan fingerprint density at radius 3 is 2.58 bits per heavy atom. The average molecular weight is 269 g/mol. The Labute approximate surface area is 117 Å². The van der Waals surface area contributed by atoms with E-state index >= 15 is 0 Å². The molecule has 0 aliphatic rings. The Bertz CT molecular complexity index is 293. The van der Waals surface area contributed by atoms with Crippen LogP contribution in [0, 0.1) is 0 Å². The smallest absolute Gasteiger partial charge is 0.121 e. The van der Waals surface area contributed by atoms with Gasteiger partial charge in [0, 0.05) is 12.6 Å². The Morgan fingerprint density at radius 2 is 2.00 bits per heavy atom. The van der Waals surface area contributed by atoms with E-state index in [9.17, 15) is 4.39 Å². The molecule has 0 aromatic rings. The molecule has 0 saturated carbocycles. The molecule has 0 bridgehead atoms. The van der Waals surface area contributed by atoms with Gasteiger partial charge in [-0.2, -0.15) is 0 Å². The third kappa shape index (κ3) is 11.7. The fraction of sp³-hybridized carbons (Fsp3) is 0.625. The van der Waals surface area contributed by atoms with Crippen LogP contribution in [0.1, 0.15) is 39.5 Å². The minimum absolute atomic E-state index is 0.263. The summed E-state index contributed by atoms with van der Waals surface area (Å²) in [5.41, 5.74) is 0. The molecule has 0 aromatic carbocycles. The number of hydrogen-bond donors (Lipinski definition) is 0. The van der Waals surface area contributed by atoms with Crippen LogP contribution >= 0.6 is 0 Å². The molecule has 0 aromatic heterocycles. The van der Waals surface area contributed by atoms with E-state index in [1.807, 2.05) is 0 Å². The molecule has 0 amide bonds. The lowest BCUT2D eigenvalue weighted by Crippen LogP contribution is -2.24. The quantitative estimate of drug-likeness (QED) is 0.312. The van der Waals surface area contributed by atoms with Crippen LogP contribution in [0.5, 0.6) is 0 Å². The molecule has 0 aliphatic heterocycles. The normalized spacial score (nSPS) is 12.9. The summed E-state index contributed by atoms with van der Waals surface area (Å²) in [5.74, 6) is 0.260. The molecule has 19 heavy (non-hydrogen) atoms. The molecule has 2 nitrogen and oxygen atoms in total. The summed E-state index contributed by atoms with van der Waals surface area (Å²) in [6.45, 7) is 9.70. The van der Waals surface area contributed by atoms with Crippen molar-refractivity contribution in [1.82, 2.24) is 4.90 Å². The van der Waals surface area contributed by atoms with E-state index in [0.717, 1.165) is 13.1 Å². The fourth-order valence-electron chi connectivity index (χ4n) is 1.69. The van der Waals surface area contributed by atoms with Gasteiger partial charge in [-0.3, -0.25) is 0 Å². The van der Waals surface area contributed by atoms with Gasteiger partial charge < -0.3 is 9.64 Å². The topological polar surface area (TPSA) is 12.5 Å². The number of hydrogen-bond acceptors (Lipinski definition) is 2. The molecule has 0 aliphatic carbocycles. The second-order valence-electron chi connectivity index (χ2n) is 4.75. The summed E-state index contributed by atoms with van der Waals surface area (Å²) in [4.78, 5) is 2.24. The highest BCUT2D eigenvalue weighted by Gasteiger charge is 2.00. The minimum Gasteiger partial charge on any atom is -0.492 e. The van der Waals surface area contributed by atoms with Crippen molar-refractivity contribution >= 4 is 0 Å². The van der Waals surface area contributed by atoms with E-state index in [-0.39, 0.29) is 5.83 Å². The number of likely N-dealkylation sites (N-methyl/N-ethyl adjacent to an activating group) is 1. The van der Waals surface area contributed by atoms with Gasteiger partial charge in [0.05, 0.1) is 0 Å². The van der Waals surface area contributed by atoms with Crippen LogP contribution in [-0.2, 0) is 4.74 Å². The third-order valence-corrected chi connectivity index (χ3v) is 2.76. The molecule has 0 fully saturated rings. The van der Waals surface area contributed by atoms with Gasteiger partial charge in [0.1, 0.15) is 18.2 Å². The number of rotatable bonds is 11. The number of halogens is 1. The van der Waals surface area contributed by atoms with Crippen molar-refractivity contribution in [3.8, 4) is 0 Å². The Morgan fingerprint density at radius 1 is 1.26 bits per heavy atom. The maximum absolute atomic E-state index is 12.8. The lowest BCUT2D eigenvalue weighted by Gasteiger charge is -2.17. The number of nitrogens with zero attached hydrogens (tertiary/aromatic N) is 1. The third-order valence-electron chi connectivity index (χ3n) is 2.76. The molecule has 0 saturated heterocycles. The summed E-state index contributed by atoms with van der Waals surface area (Å²) in [7, 11) is 2.09. The van der Waals surface area contributed by atoms with Gasteiger partial charge >= 0.3 is 0 Å². The zero-order valence-corrected chi connectivity index (χ0v) is 12.6. The zero-order valence-electron chi connectivity index (χ0n) is 12.6. The minimum atomic E-state index is -0.263. The van der Waals surface area contributed by atoms with E-state index in [0.29, 0.717) is 12.4 Å². The summed E-state index contributed by atoms with van der Waals surface area (Å²) in [6, 6.07) is 0. The van der Waals surface area contributed by atoms with E-state index in [1.165, 1.54) is 38.7 Å². The molecule has 0 atom stereocenters. The SMILES string of the molecule is C=C/C=C(\C=C(/C)F)OCCN(C)CCCCCC. The first kappa shape index (κ1) is 17.9. The number of unbranched alkanes of at least 4 members (excludes halogenated alkanes) is 3. The van der Waals surface area contributed by atoms with Gasteiger partial charge in [-0.05, 0) is 33.0 Å². The van der Waals surface area contributed by atoms with Gasteiger partial charge in [0.15, 0.2) is 0 Å². The summed E-state index contributed by atoms with van der Waals surface area (Å²) >= 11 is 0. The van der Waals surface area contributed by atoms with E-state index in [4.69, 9.17) is 4.74 Å². The van der Waals surface area contributed by atoms with Crippen LogP contribution in [0.2, 0.25) is 0 Å². The first-order chi connectivity index (χ1) is 9.10. The predicted octanol–water partition coefficient (Wildman–Crippen LogP) is 4.46. The van der Waals surface area contributed by atoms with Crippen molar-refractivity contribution in [1.29, 1.82) is 0 Å². The van der Waals surface area contributed by atoms with Crippen LogP contribution in [0.3, 0.4) is 0 Å². The first-order valence-corrected chi connectivity index (χ1v) is 7.08. The van der Waals surface area contributed by atoms with E-state index < -0.39 is 0 Å². The molecule has 0 rings (SSSR count). The van der Waals surface area contributed by atoms with Crippen molar-refractivity contribution < 1.29 is 9.13 Å².